The van der Waals surface area contributed by atoms with Gasteiger partial charge in [0.2, 0.25) is 0 Å². The molecule has 1 fully saturated rings. The van der Waals surface area contributed by atoms with Crippen LogP contribution < -0.4 is 20.3 Å². The van der Waals surface area contributed by atoms with Gasteiger partial charge in [-0.3, -0.25) is 10.0 Å². The second kappa shape index (κ2) is 11.5. The first-order chi connectivity index (χ1) is 15.9. The fourth-order valence-electron chi connectivity index (χ4n) is 3.75. The standard InChI is InChI=1S/C23H30N2O7S/c1-30-19-4-2-18(3-5-19)10-13-24-14-17-32-20-6-8-21(9-7-20)33(28,29)23(22(26)25-27)11-15-31-16-12-23/h2-9,24,27H,10-17H2,1H3,(H,25,26). The van der Waals surface area contributed by atoms with Gasteiger partial charge in [0, 0.05) is 19.8 Å². The molecular weight excluding hydrogens is 448 g/mol. The number of hydrogen-bond donors (Lipinski definition) is 3. The molecule has 0 atom stereocenters. The summed E-state index contributed by atoms with van der Waals surface area (Å²) in [6.45, 7) is 2.10. The minimum Gasteiger partial charge on any atom is -0.497 e. The molecule has 9 nitrogen and oxygen atoms in total. The Morgan fingerprint density at radius 2 is 1.67 bits per heavy atom. The second-order valence-electron chi connectivity index (χ2n) is 7.72. The van der Waals surface area contributed by atoms with E-state index in [4.69, 9.17) is 19.4 Å². The minimum absolute atomic E-state index is 0.00188. The molecule has 1 saturated heterocycles. The first kappa shape index (κ1) is 25.0. The number of benzene rings is 2. The maximum Gasteiger partial charge on any atom is 0.265 e. The molecule has 2 aromatic carbocycles. The Bertz CT molecular complexity index is 1000. The lowest BCUT2D eigenvalue weighted by Gasteiger charge is -2.34. The number of amides is 1. The van der Waals surface area contributed by atoms with Crippen molar-refractivity contribution >= 4 is 15.7 Å². The van der Waals surface area contributed by atoms with Gasteiger partial charge in [0.25, 0.3) is 5.91 Å². The first-order valence-corrected chi connectivity index (χ1v) is 12.2. The predicted octanol–water partition coefficient (Wildman–Crippen LogP) is 1.73. The Morgan fingerprint density at radius 1 is 1.03 bits per heavy atom. The normalized spacial score (nSPS) is 15.6. The molecule has 0 aromatic heterocycles. The highest BCUT2D eigenvalue weighted by Gasteiger charge is 2.52. The van der Waals surface area contributed by atoms with Crippen LogP contribution in [0.25, 0.3) is 0 Å². The van der Waals surface area contributed by atoms with E-state index < -0.39 is 20.5 Å². The molecule has 10 heteroatoms. The number of ether oxygens (including phenoxy) is 3. The minimum atomic E-state index is -4.04. The average Bonchev–Trinajstić information content (AvgIpc) is 2.86. The molecule has 0 radical (unpaired) electrons. The molecule has 0 saturated carbocycles. The molecule has 1 aliphatic heterocycles. The SMILES string of the molecule is COc1ccc(CCNCCOc2ccc(S(=O)(=O)C3(C(=O)NO)CCOCC3)cc2)cc1. The van der Waals surface area contributed by atoms with Gasteiger partial charge in [-0.25, -0.2) is 13.9 Å². The van der Waals surface area contributed by atoms with Crippen LogP contribution in [0.15, 0.2) is 53.4 Å². The summed E-state index contributed by atoms with van der Waals surface area (Å²) in [5.74, 6) is 0.420. The van der Waals surface area contributed by atoms with E-state index in [-0.39, 0.29) is 31.0 Å². The van der Waals surface area contributed by atoms with Gasteiger partial charge in [-0.2, -0.15) is 0 Å². The number of hydroxylamine groups is 1. The zero-order chi connectivity index (χ0) is 23.7. The third-order valence-corrected chi connectivity index (χ3v) is 8.28. The zero-order valence-corrected chi connectivity index (χ0v) is 19.4. The van der Waals surface area contributed by atoms with Crippen LogP contribution >= 0.6 is 0 Å². The van der Waals surface area contributed by atoms with Gasteiger partial charge in [-0.05, 0) is 67.8 Å². The monoisotopic (exact) mass is 478 g/mol. The van der Waals surface area contributed by atoms with E-state index in [0.717, 1.165) is 18.7 Å². The number of methoxy groups -OCH3 is 1. The van der Waals surface area contributed by atoms with Gasteiger partial charge < -0.3 is 19.5 Å². The van der Waals surface area contributed by atoms with E-state index in [1.165, 1.54) is 23.2 Å². The van der Waals surface area contributed by atoms with Crippen LogP contribution in [0, 0.1) is 0 Å². The Balaban J connectivity index is 1.49. The summed E-state index contributed by atoms with van der Waals surface area (Å²) >= 11 is 0. The van der Waals surface area contributed by atoms with Crippen LogP contribution in [0.5, 0.6) is 11.5 Å². The van der Waals surface area contributed by atoms with Crippen LogP contribution in [0.4, 0.5) is 0 Å². The summed E-state index contributed by atoms with van der Waals surface area (Å²) in [6, 6.07) is 13.9. The third kappa shape index (κ3) is 5.83. The summed E-state index contributed by atoms with van der Waals surface area (Å²) in [5, 5.41) is 12.4. The lowest BCUT2D eigenvalue weighted by atomic mass is 9.98. The fourth-order valence-corrected chi connectivity index (χ4v) is 5.69. The van der Waals surface area contributed by atoms with Crippen LogP contribution in [0.1, 0.15) is 18.4 Å². The van der Waals surface area contributed by atoms with Crippen LogP contribution in [0.2, 0.25) is 0 Å². The lowest BCUT2D eigenvalue weighted by Crippen LogP contribution is -2.54. The summed E-state index contributed by atoms with van der Waals surface area (Å²) in [4.78, 5) is 12.3. The van der Waals surface area contributed by atoms with E-state index in [1.54, 1.807) is 19.2 Å². The molecule has 33 heavy (non-hydrogen) atoms. The molecule has 2 aromatic rings. The Kier molecular flexibility index (Phi) is 8.67. The molecule has 0 aliphatic carbocycles. The van der Waals surface area contributed by atoms with Crippen molar-refractivity contribution in [2.75, 3.05) is 40.0 Å². The number of carbonyl (C=O) groups is 1. The van der Waals surface area contributed by atoms with Crippen molar-refractivity contribution in [1.29, 1.82) is 0 Å². The molecule has 3 N–H and O–H groups in total. The molecule has 3 rings (SSSR count). The predicted molar refractivity (Wildman–Crippen MR) is 121 cm³/mol. The van der Waals surface area contributed by atoms with E-state index >= 15 is 0 Å². The first-order valence-electron chi connectivity index (χ1n) is 10.8. The number of hydrogen-bond acceptors (Lipinski definition) is 8. The van der Waals surface area contributed by atoms with Crippen LogP contribution in [0.3, 0.4) is 0 Å². The van der Waals surface area contributed by atoms with Gasteiger partial charge in [-0.15, -0.1) is 0 Å². The maximum atomic E-state index is 13.2. The van der Waals surface area contributed by atoms with E-state index in [2.05, 4.69) is 5.32 Å². The second-order valence-corrected chi connectivity index (χ2v) is 9.98. The Morgan fingerprint density at radius 3 is 2.27 bits per heavy atom. The molecular formula is C23H30N2O7S. The number of sulfone groups is 1. The lowest BCUT2D eigenvalue weighted by molar-refractivity contribution is -0.134. The number of nitrogens with one attached hydrogen (secondary N) is 2. The Labute approximate surface area is 193 Å². The average molecular weight is 479 g/mol. The molecule has 1 amide bonds. The van der Waals surface area contributed by atoms with Gasteiger partial charge in [0.05, 0.1) is 12.0 Å². The maximum absolute atomic E-state index is 13.2. The smallest absolute Gasteiger partial charge is 0.265 e. The van der Waals surface area contributed by atoms with Crippen LogP contribution in [-0.4, -0.2) is 64.3 Å². The van der Waals surface area contributed by atoms with E-state index in [0.29, 0.717) is 18.9 Å². The summed E-state index contributed by atoms with van der Waals surface area (Å²) in [6.07, 6.45) is 0.828. The summed E-state index contributed by atoms with van der Waals surface area (Å²) in [5.41, 5.74) is 2.72. The number of carbonyl (C=O) groups excluding carboxylic acids is 1. The van der Waals surface area contributed by atoms with Gasteiger partial charge in [0.15, 0.2) is 14.6 Å². The molecule has 1 heterocycles. The van der Waals surface area contributed by atoms with Crippen molar-refractivity contribution in [2.45, 2.75) is 28.9 Å². The van der Waals surface area contributed by atoms with Crippen molar-refractivity contribution in [2.24, 2.45) is 0 Å². The van der Waals surface area contributed by atoms with Crippen molar-refractivity contribution < 1.29 is 32.6 Å². The molecule has 180 valence electrons. The molecule has 0 bridgehead atoms. The molecule has 1 aliphatic rings. The van der Waals surface area contributed by atoms with Gasteiger partial charge >= 0.3 is 0 Å². The summed E-state index contributed by atoms with van der Waals surface area (Å²) in [7, 11) is -2.40. The highest BCUT2D eigenvalue weighted by atomic mass is 32.2. The zero-order valence-electron chi connectivity index (χ0n) is 18.6. The van der Waals surface area contributed by atoms with Crippen molar-refractivity contribution in [3.8, 4) is 11.5 Å². The van der Waals surface area contributed by atoms with Crippen molar-refractivity contribution in [3.63, 3.8) is 0 Å². The highest BCUT2D eigenvalue weighted by Crippen LogP contribution is 2.35. The van der Waals surface area contributed by atoms with Crippen molar-refractivity contribution in [1.82, 2.24) is 10.8 Å². The summed E-state index contributed by atoms with van der Waals surface area (Å²) < 4.78 is 40.7. The van der Waals surface area contributed by atoms with E-state index in [9.17, 15) is 13.2 Å². The quantitative estimate of drug-likeness (QED) is 0.254. The van der Waals surface area contributed by atoms with Gasteiger partial charge in [-0.1, -0.05) is 12.1 Å². The fraction of sp³-hybridized carbons (Fsp3) is 0.435. The number of rotatable bonds is 11. The van der Waals surface area contributed by atoms with Crippen LogP contribution in [-0.2, 0) is 25.8 Å². The molecule has 0 unspecified atom stereocenters. The van der Waals surface area contributed by atoms with E-state index in [1.807, 2.05) is 24.3 Å². The topological polar surface area (TPSA) is 123 Å². The Hall–Kier alpha value is -2.66. The van der Waals surface area contributed by atoms with Gasteiger partial charge in [0.1, 0.15) is 18.1 Å². The highest BCUT2D eigenvalue weighted by molar-refractivity contribution is 7.93. The third-order valence-electron chi connectivity index (χ3n) is 5.76. The van der Waals surface area contributed by atoms with Crippen molar-refractivity contribution in [3.05, 3.63) is 54.1 Å². The largest absolute Gasteiger partial charge is 0.497 e. The molecule has 0 spiro atoms.